The molecule has 0 spiro atoms. The van der Waals surface area contributed by atoms with Gasteiger partial charge >= 0.3 is 5.97 Å². The smallest absolute Gasteiger partial charge is 0.354 e. The Kier molecular flexibility index (Phi) is 5.75. The lowest BCUT2D eigenvalue weighted by Gasteiger charge is -2.22. The van der Waals surface area contributed by atoms with Crippen LogP contribution in [0.5, 0.6) is 0 Å². The second-order valence-electron chi connectivity index (χ2n) is 5.13. The number of carboxylic acids is 1. The number of benzene rings is 1. The van der Waals surface area contributed by atoms with Crippen LogP contribution in [0.2, 0.25) is 0 Å². The first-order valence-electron chi connectivity index (χ1n) is 7.06. The van der Waals surface area contributed by atoms with E-state index in [2.05, 4.69) is 17.3 Å². The summed E-state index contributed by atoms with van der Waals surface area (Å²) in [5.74, 6) is 11.2. The molecule has 116 valence electrons. The average molecular weight is 317 g/mol. The minimum absolute atomic E-state index is 0.201. The molecule has 0 aromatic heterocycles. The number of hydrogen-bond donors (Lipinski definition) is 4. The summed E-state index contributed by atoms with van der Waals surface area (Å²) in [5.41, 5.74) is 8.39. The molecule has 1 saturated carbocycles. The van der Waals surface area contributed by atoms with Crippen LogP contribution in [0.1, 0.15) is 31.2 Å². The van der Waals surface area contributed by atoms with Gasteiger partial charge in [-0.1, -0.05) is 36.1 Å². The number of hydrogen-bond acceptors (Lipinski definition) is 5. The summed E-state index contributed by atoms with van der Waals surface area (Å²) in [4.78, 5) is 11.7. The number of thioether (sulfide) groups is 1. The highest BCUT2D eigenvalue weighted by atomic mass is 32.2. The predicted octanol–water partition coefficient (Wildman–Crippen LogP) is 2.00. The highest BCUT2D eigenvalue weighted by Gasteiger charge is 2.15. The van der Waals surface area contributed by atoms with E-state index < -0.39 is 5.97 Å². The molecule has 0 bridgehead atoms. The molecular formula is C16H19N3O2S. The highest BCUT2D eigenvalue weighted by Crippen LogP contribution is 2.29. The molecule has 0 unspecified atom stereocenters. The van der Waals surface area contributed by atoms with Crippen LogP contribution in [0.15, 0.2) is 39.9 Å². The van der Waals surface area contributed by atoms with Crippen molar-refractivity contribution in [3.8, 4) is 11.8 Å². The topological polar surface area (TPSA) is 101 Å². The van der Waals surface area contributed by atoms with Gasteiger partial charge in [-0.15, -0.1) is 0 Å². The van der Waals surface area contributed by atoms with Crippen LogP contribution in [-0.2, 0) is 4.79 Å². The summed E-state index contributed by atoms with van der Waals surface area (Å²) in [5, 5.41) is 9.10. The van der Waals surface area contributed by atoms with Gasteiger partial charge in [0.05, 0.1) is 0 Å². The van der Waals surface area contributed by atoms with Crippen molar-refractivity contribution in [3.05, 3.63) is 40.6 Å². The van der Waals surface area contributed by atoms with E-state index in [1.54, 1.807) is 0 Å². The Hall–Kier alpha value is -2.10. The molecule has 0 amide bonds. The van der Waals surface area contributed by atoms with Gasteiger partial charge in [0.25, 0.3) is 0 Å². The molecular weight excluding hydrogens is 298 g/mol. The number of aliphatic carboxylic acids is 1. The van der Waals surface area contributed by atoms with Gasteiger partial charge in [0.1, 0.15) is 10.7 Å². The summed E-state index contributed by atoms with van der Waals surface area (Å²) in [6.07, 6.45) is 4.84. The van der Waals surface area contributed by atoms with E-state index in [1.807, 2.05) is 24.3 Å². The second-order valence-corrected chi connectivity index (χ2v) is 6.21. The minimum Gasteiger partial charge on any atom is -0.477 e. The van der Waals surface area contributed by atoms with Gasteiger partial charge in [0, 0.05) is 16.9 Å². The first-order chi connectivity index (χ1) is 10.6. The predicted molar refractivity (Wildman–Crippen MR) is 87.3 cm³/mol. The lowest BCUT2D eigenvalue weighted by molar-refractivity contribution is -0.132. The van der Waals surface area contributed by atoms with Crippen molar-refractivity contribution in [1.82, 2.24) is 5.43 Å². The van der Waals surface area contributed by atoms with E-state index in [0.717, 1.165) is 34.6 Å². The Labute approximate surface area is 134 Å². The van der Waals surface area contributed by atoms with Crippen molar-refractivity contribution in [3.63, 3.8) is 0 Å². The van der Waals surface area contributed by atoms with E-state index in [9.17, 15) is 4.79 Å². The fourth-order valence-electron chi connectivity index (χ4n) is 2.01. The van der Waals surface area contributed by atoms with Crippen LogP contribution in [0, 0.1) is 17.8 Å². The molecule has 0 saturated heterocycles. The molecule has 0 atom stereocenters. The number of rotatable bonds is 5. The molecule has 1 aliphatic carbocycles. The maximum atomic E-state index is 10.9. The molecule has 0 radical (unpaired) electrons. The molecule has 5 nitrogen and oxygen atoms in total. The van der Waals surface area contributed by atoms with Gasteiger partial charge in [-0.2, -0.15) is 0 Å². The van der Waals surface area contributed by atoms with Gasteiger partial charge in [-0.05, 0) is 37.0 Å². The largest absolute Gasteiger partial charge is 0.477 e. The third-order valence-corrected chi connectivity index (χ3v) is 4.54. The molecule has 0 heterocycles. The molecule has 1 aromatic carbocycles. The summed E-state index contributed by atoms with van der Waals surface area (Å²) < 4.78 is 0. The zero-order valence-corrected chi connectivity index (χ0v) is 13.0. The van der Waals surface area contributed by atoms with Crippen molar-refractivity contribution in [2.45, 2.75) is 30.6 Å². The molecule has 6 N–H and O–H groups in total. The third-order valence-electron chi connectivity index (χ3n) is 3.51. The molecule has 1 fully saturated rings. The average Bonchev–Trinajstić information content (AvgIpc) is 2.47. The van der Waals surface area contributed by atoms with E-state index >= 15 is 0 Å². The minimum atomic E-state index is -1.21. The zero-order valence-electron chi connectivity index (χ0n) is 12.1. The third kappa shape index (κ3) is 4.45. The number of nitrogens with one attached hydrogen (secondary N) is 1. The molecule has 1 aliphatic rings. The molecule has 22 heavy (non-hydrogen) atoms. The number of carbonyl (C=O) groups is 1. The van der Waals surface area contributed by atoms with E-state index in [4.69, 9.17) is 16.7 Å². The summed E-state index contributed by atoms with van der Waals surface area (Å²) in [6, 6.07) is 7.55. The molecule has 6 heteroatoms. The second kappa shape index (κ2) is 7.78. The Morgan fingerprint density at radius 2 is 2.23 bits per heavy atom. The Bertz CT molecular complexity index is 642. The van der Waals surface area contributed by atoms with Crippen molar-refractivity contribution >= 4 is 17.7 Å². The van der Waals surface area contributed by atoms with Gasteiger partial charge < -0.3 is 16.3 Å². The maximum absolute atomic E-state index is 10.9. The van der Waals surface area contributed by atoms with Gasteiger partial charge in [0.2, 0.25) is 0 Å². The fourth-order valence-corrected chi connectivity index (χ4v) is 2.83. The maximum Gasteiger partial charge on any atom is 0.354 e. The van der Waals surface area contributed by atoms with E-state index in [1.165, 1.54) is 19.3 Å². The zero-order chi connectivity index (χ0) is 15.9. The van der Waals surface area contributed by atoms with Crippen molar-refractivity contribution in [2.24, 2.45) is 17.5 Å². The molecule has 2 rings (SSSR count). The van der Waals surface area contributed by atoms with Gasteiger partial charge in [-0.3, -0.25) is 0 Å². The number of nitrogens with two attached hydrogens (primary N) is 2. The standard InChI is InChI=1S/C16H19N3O2S/c17-14(16(20)21)15(19-18)22-13-9-3-8-12(10-13)7-2-6-11-4-1-5-11/h3,8-11,19H,1,4-6,17-18H2,(H,20,21)/b15-14+. The summed E-state index contributed by atoms with van der Waals surface area (Å²) in [7, 11) is 0. The normalized spacial score (nSPS) is 15.1. The first kappa shape index (κ1) is 16.3. The monoisotopic (exact) mass is 317 g/mol. The lowest BCUT2D eigenvalue weighted by atomic mass is 9.83. The Morgan fingerprint density at radius 1 is 1.45 bits per heavy atom. The van der Waals surface area contributed by atoms with Crippen molar-refractivity contribution < 1.29 is 9.90 Å². The van der Waals surface area contributed by atoms with Gasteiger partial charge in [0.15, 0.2) is 0 Å². The van der Waals surface area contributed by atoms with Crippen LogP contribution in [-0.4, -0.2) is 11.1 Å². The van der Waals surface area contributed by atoms with Crippen molar-refractivity contribution in [2.75, 3.05) is 0 Å². The highest BCUT2D eigenvalue weighted by molar-refractivity contribution is 8.03. The fraction of sp³-hybridized carbons (Fsp3) is 0.312. The Morgan fingerprint density at radius 3 is 2.82 bits per heavy atom. The van der Waals surface area contributed by atoms with Crippen LogP contribution in [0.25, 0.3) is 0 Å². The summed E-state index contributed by atoms with van der Waals surface area (Å²) in [6.45, 7) is 0. The molecule has 1 aromatic rings. The summed E-state index contributed by atoms with van der Waals surface area (Å²) >= 11 is 1.16. The number of carboxylic acid groups (broad SMARTS) is 1. The Balaban J connectivity index is 2.07. The van der Waals surface area contributed by atoms with Crippen LogP contribution >= 0.6 is 11.8 Å². The first-order valence-corrected chi connectivity index (χ1v) is 7.88. The number of hydrazine groups is 1. The van der Waals surface area contributed by atoms with E-state index in [-0.39, 0.29) is 10.7 Å². The van der Waals surface area contributed by atoms with E-state index in [0.29, 0.717) is 0 Å². The van der Waals surface area contributed by atoms with Crippen LogP contribution in [0.4, 0.5) is 0 Å². The quantitative estimate of drug-likeness (QED) is 0.218. The lowest BCUT2D eigenvalue weighted by Crippen LogP contribution is -2.26. The van der Waals surface area contributed by atoms with Crippen molar-refractivity contribution in [1.29, 1.82) is 0 Å². The van der Waals surface area contributed by atoms with Gasteiger partial charge in [-0.25, -0.2) is 10.6 Å². The SMILES string of the molecule is NN/C(Sc1cccc(C#CCC2CCC2)c1)=C(\N)C(=O)O. The molecule has 0 aliphatic heterocycles. The van der Waals surface area contributed by atoms with Crippen LogP contribution in [0.3, 0.4) is 0 Å². The van der Waals surface area contributed by atoms with Crippen LogP contribution < -0.4 is 17.0 Å².